The van der Waals surface area contributed by atoms with Crippen LogP contribution >= 0.6 is 0 Å². The molecule has 4 heteroatoms. The van der Waals surface area contributed by atoms with E-state index >= 15 is 0 Å². The van der Waals surface area contributed by atoms with E-state index in [9.17, 15) is 4.39 Å². The summed E-state index contributed by atoms with van der Waals surface area (Å²) in [6.07, 6.45) is 1.65. The van der Waals surface area contributed by atoms with Crippen molar-refractivity contribution in [1.29, 1.82) is 5.26 Å². The lowest BCUT2D eigenvalue weighted by atomic mass is 9.90. The number of nitriles is 1. The van der Waals surface area contributed by atoms with E-state index < -0.39 is 5.82 Å². The standard InChI is InChI=1S/C11H11FN2O/c12-8-1-2-11(7(3-8)6-13)15-10-4-9(14)5-10/h1-3,9-10H,4-5,14H2. The van der Waals surface area contributed by atoms with Crippen LogP contribution in [-0.2, 0) is 0 Å². The van der Waals surface area contributed by atoms with Crippen molar-refractivity contribution < 1.29 is 9.13 Å². The molecule has 1 aliphatic rings. The van der Waals surface area contributed by atoms with Crippen LogP contribution in [0.5, 0.6) is 5.75 Å². The first-order chi connectivity index (χ1) is 7.19. The van der Waals surface area contributed by atoms with E-state index in [0.29, 0.717) is 5.75 Å². The number of nitrogens with zero attached hydrogens (tertiary/aromatic N) is 1. The predicted molar refractivity (Wildman–Crippen MR) is 52.7 cm³/mol. The van der Waals surface area contributed by atoms with Crippen molar-refractivity contribution in [2.45, 2.75) is 25.0 Å². The maximum Gasteiger partial charge on any atom is 0.137 e. The Labute approximate surface area is 87.3 Å². The van der Waals surface area contributed by atoms with Crippen molar-refractivity contribution in [3.63, 3.8) is 0 Å². The van der Waals surface area contributed by atoms with Crippen LogP contribution in [0.4, 0.5) is 4.39 Å². The highest BCUT2D eigenvalue weighted by Gasteiger charge is 2.28. The Kier molecular flexibility index (Phi) is 2.57. The molecule has 0 bridgehead atoms. The SMILES string of the molecule is N#Cc1cc(F)ccc1OC1CC(N)C1. The van der Waals surface area contributed by atoms with Crippen LogP contribution < -0.4 is 10.5 Å². The Morgan fingerprint density at radius 3 is 2.80 bits per heavy atom. The minimum Gasteiger partial charge on any atom is -0.489 e. The molecule has 1 fully saturated rings. The molecule has 2 rings (SSSR count). The van der Waals surface area contributed by atoms with Crippen LogP contribution in [0.3, 0.4) is 0 Å². The van der Waals surface area contributed by atoms with Gasteiger partial charge in [0.25, 0.3) is 0 Å². The monoisotopic (exact) mass is 206 g/mol. The predicted octanol–water partition coefficient (Wildman–Crippen LogP) is 1.57. The molecule has 0 saturated heterocycles. The second-order valence-corrected chi connectivity index (χ2v) is 3.72. The molecule has 1 aromatic carbocycles. The molecule has 1 aliphatic carbocycles. The summed E-state index contributed by atoms with van der Waals surface area (Å²) < 4.78 is 18.3. The number of benzene rings is 1. The largest absolute Gasteiger partial charge is 0.489 e. The molecular weight excluding hydrogens is 195 g/mol. The third kappa shape index (κ3) is 2.08. The maximum atomic E-state index is 12.8. The van der Waals surface area contributed by atoms with Crippen molar-refractivity contribution >= 4 is 0 Å². The number of rotatable bonds is 2. The van der Waals surface area contributed by atoms with Gasteiger partial charge < -0.3 is 10.5 Å². The topological polar surface area (TPSA) is 59.0 Å². The minimum absolute atomic E-state index is 0.0672. The number of nitrogens with two attached hydrogens (primary N) is 1. The molecule has 1 aromatic rings. The lowest BCUT2D eigenvalue weighted by Crippen LogP contribution is -2.43. The molecule has 0 heterocycles. The Morgan fingerprint density at radius 1 is 1.47 bits per heavy atom. The lowest BCUT2D eigenvalue weighted by Gasteiger charge is -2.32. The van der Waals surface area contributed by atoms with Crippen LogP contribution in [0.25, 0.3) is 0 Å². The van der Waals surface area contributed by atoms with Crippen molar-refractivity contribution in [2.75, 3.05) is 0 Å². The first-order valence-electron chi connectivity index (χ1n) is 4.81. The van der Waals surface area contributed by atoms with Crippen LogP contribution in [0.1, 0.15) is 18.4 Å². The Hall–Kier alpha value is -1.60. The molecule has 2 N–H and O–H groups in total. The molecule has 0 unspecified atom stereocenters. The maximum absolute atomic E-state index is 12.8. The molecule has 0 amide bonds. The summed E-state index contributed by atoms with van der Waals surface area (Å²) in [7, 11) is 0. The summed E-state index contributed by atoms with van der Waals surface area (Å²) in [5.41, 5.74) is 5.84. The van der Waals surface area contributed by atoms with Gasteiger partial charge in [-0.3, -0.25) is 0 Å². The van der Waals surface area contributed by atoms with E-state index in [4.69, 9.17) is 15.7 Å². The van der Waals surface area contributed by atoms with Crippen molar-refractivity contribution in [3.05, 3.63) is 29.6 Å². The molecule has 0 aliphatic heterocycles. The highest BCUT2D eigenvalue weighted by molar-refractivity contribution is 5.43. The molecule has 0 spiro atoms. The van der Waals surface area contributed by atoms with Gasteiger partial charge >= 0.3 is 0 Å². The van der Waals surface area contributed by atoms with Gasteiger partial charge in [-0.2, -0.15) is 5.26 Å². The zero-order valence-corrected chi connectivity index (χ0v) is 8.11. The third-order valence-corrected chi connectivity index (χ3v) is 2.49. The zero-order chi connectivity index (χ0) is 10.8. The van der Waals surface area contributed by atoms with Gasteiger partial charge in [-0.05, 0) is 31.0 Å². The Balaban J connectivity index is 2.11. The van der Waals surface area contributed by atoms with Crippen LogP contribution in [0.15, 0.2) is 18.2 Å². The molecule has 0 aromatic heterocycles. The van der Waals surface area contributed by atoms with Crippen molar-refractivity contribution in [3.8, 4) is 11.8 Å². The second-order valence-electron chi connectivity index (χ2n) is 3.72. The normalized spacial score (nSPS) is 24.1. The van der Waals surface area contributed by atoms with E-state index in [2.05, 4.69) is 0 Å². The highest BCUT2D eigenvalue weighted by Crippen LogP contribution is 2.27. The third-order valence-electron chi connectivity index (χ3n) is 2.49. The molecule has 0 radical (unpaired) electrons. The van der Waals surface area contributed by atoms with Gasteiger partial charge in [0, 0.05) is 6.04 Å². The lowest BCUT2D eigenvalue weighted by molar-refractivity contribution is 0.100. The summed E-state index contributed by atoms with van der Waals surface area (Å²) in [5.74, 6) is 0.0139. The first kappa shape index (κ1) is 9.94. The summed E-state index contributed by atoms with van der Waals surface area (Å²) in [5, 5.41) is 8.78. The smallest absolute Gasteiger partial charge is 0.137 e. The van der Waals surface area contributed by atoms with Gasteiger partial charge in [0.15, 0.2) is 0 Å². The molecule has 0 atom stereocenters. The van der Waals surface area contributed by atoms with E-state index in [0.717, 1.165) is 12.8 Å². The quantitative estimate of drug-likeness (QED) is 0.798. The van der Waals surface area contributed by atoms with Gasteiger partial charge in [-0.15, -0.1) is 0 Å². The summed E-state index contributed by atoms with van der Waals surface area (Å²) in [4.78, 5) is 0. The number of halogens is 1. The molecule has 78 valence electrons. The Morgan fingerprint density at radius 2 is 2.20 bits per heavy atom. The zero-order valence-electron chi connectivity index (χ0n) is 8.11. The molecule has 1 saturated carbocycles. The van der Waals surface area contributed by atoms with E-state index in [-0.39, 0.29) is 17.7 Å². The van der Waals surface area contributed by atoms with Gasteiger partial charge in [-0.25, -0.2) is 4.39 Å². The second kappa shape index (κ2) is 3.87. The van der Waals surface area contributed by atoms with Crippen molar-refractivity contribution in [2.24, 2.45) is 5.73 Å². The van der Waals surface area contributed by atoms with Gasteiger partial charge in [0.1, 0.15) is 23.7 Å². The fourth-order valence-corrected chi connectivity index (χ4v) is 1.57. The van der Waals surface area contributed by atoms with Crippen LogP contribution in [0.2, 0.25) is 0 Å². The van der Waals surface area contributed by atoms with Gasteiger partial charge in [0.2, 0.25) is 0 Å². The Bertz CT molecular complexity index is 408. The summed E-state index contributed by atoms with van der Waals surface area (Å²) in [6, 6.07) is 6.05. The number of hydrogen-bond donors (Lipinski definition) is 1. The van der Waals surface area contributed by atoms with Gasteiger partial charge in [0.05, 0.1) is 5.56 Å². The van der Waals surface area contributed by atoms with E-state index in [1.807, 2.05) is 6.07 Å². The van der Waals surface area contributed by atoms with Crippen LogP contribution in [-0.4, -0.2) is 12.1 Å². The minimum atomic E-state index is -0.427. The average molecular weight is 206 g/mol. The molecular formula is C11H11FN2O. The van der Waals surface area contributed by atoms with Crippen molar-refractivity contribution in [1.82, 2.24) is 0 Å². The van der Waals surface area contributed by atoms with E-state index in [1.54, 1.807) is 0 Å². The highest BCUT2D eigenvalue weighted by atomic mass is 19.1. The molecule has 15 heavy (non-hydrogen) atoms. The van der Waals surface area contributed by atoms with Crippen LogP contribution in [0, 0.1) is 17.1 Å². The molecule has 3 nitrogen and oxygen atoms in total. The number of hydrogen-bond acceptors (Lipinski definition) is 3. The summed E-state index contributed by atoms with van der Waals surface area (Å²) in [6.45, 7) is 0. The average Bonchev–Trinajstić information content (AvgIpc) is 2.18. The first-order valence-corrected chi connectivity index (χ1v) is 4.81. The van der Waals surface area contributed by atoms with Gasteiger partial charge in [-0.1, -0.05) is 0 Å². The summed E-state index contributed by atoms with van der Waals surface area (Å²) >= 11 is 0. The fraction of sp³-hybridized carbons (Fsp3) is 0.364. The van der Waals surface area contributed by atoms with E-state index in [1.165, 1.54) is 18.2 Å². The number of ether oxygens (including phenoxy) is 1. The fourth-order valence-electron chi connectivity index (χ4n) is 1.57.